The van der Waals surface area contributed by atoms with Crippen molar-refractivity contribution in [2.24, 2.45) is 0 Å². The Labute approximate surface area is 156 Å². The lowest BCUT2D eigenvalue weighted by atomic mass is 9.89. The van der Waals surface area contributed by atoms with Crippen molar-refractivity contribution in [3.8, 4) is 0 Å². The van der Waals surface area contributed by atoms with E-state index in [4.69, 9.17) is 0 Å². The molecular formula is C20H21F2N3O2. The molecule has 0 saturated carbocycles. The molecule has 1 aliphatic heterocycles. The maximum Gasteiger partial charge on any atom is 0.317 e. The second-order valence-electron chi connectivity index (χ2n) is 6.54. The van der Waals surface area contributed by atoms with Crippen molar-refractivity contribution in [3.63, 3.8) is 0 Å². The van der Waals surface area contributed by atoms with Crippen LogP contribution in [0.15, 0.2) is 42.5 Å². The van der Waals surface area contributed by atoms with Gasteiger partial charge in [0.1, 0.15) is 11.6 Å². The van der Waals surface area contributed by atoms with Crippen molar-refractivity contribution in [2.45, 2.75) is 18.8 Å². The predicted molar refractivity (Wildman–Crippen MR) is 98.8 cm³/mol. The van der Waals surface area contributed by atoms with E-state index in [1.54, 1.807) is 30.1 Å². The summed E-state index contributed by atoms with van der Waals surface area (Å²) < 4.78 is 26.7. The monoisotopic (exact) mass is 373 g/mol. The Morgan fingerprint density at radius 3 is 2.70 bits per heavy atom. The Morgan fingerprint density at radius 2 is 1.96 bits per heavy atom. The molecule has 1 heterocycles. The fourth-order valence-electron chi connectivity index (χ4n) is 3.31. The average molecular weight is 373 g/mol. The summed E-state index contributed by atoms with van der Waals surface area (Å²) >= 11 is 0. The molecule has 0 radical (unpaired) electrons. The average Bonchev–Trinajstić information content (AvgIpc) is 2.69. The van der Waals surface area contributed by atoms with Gasteiger partial charge < -0.3 is 15.5 Å². The number of anilines is 1. The van der Waals surface area contributed by atoms with Gasteiger partial charge in [-0.05, 0) is 42.7 Å². The number of hydrogen-bond donors (Lipinski definition) is 2. The largest absolute Gasteiger partial charge is 0.341 e. The van der Waals surface area contributed by atoms with Crippen LogP contribution in [0.1, 0.15) is 34.7 Å². The number of urea groups is 1. The Balaban J connectivity index is 1.74. The zero-order chi connectivity index (χ0) is 19.4. The van der Waals surface area contributed by atoms with Gasteiger partial charge in [-0.15, -0.1) is 0 Å². The number of halogens is 2. The van der Waals surface area contributed by atoms with Gasteiger partial charge in [0.25, 0.3) is 5.91 Å². The molecule has 2 N–H and O–H groups in total. The lowest BCUT2D eigenvalue weighted by Crippen LogP contribution is -2.43. The van der Waals surface area contributed by atoms with Gasteiger partial charge in [0.2, 0.25) is 0 Å². The zero-order valence-corrected chi connectivity index (χ0v) is 15.0. The Bertz CT molecular complexity index is 857. The quantitative estimate of drug-likeness (QED) is 0.861. The minimum atomic E-state index is -0.826. The normalized spacial score (nSPS) is 16.7. The number of carbonyl (C=O) groups excluding carboxylic acids is 2. The van der Waals surface area contributed by atoms with Crippen LogP contribution in [0.2, 0.25) is 0 Å². The fraction of sp³-hybridized carbons (Fsp3) is 0.300. The summed E-state index contributed by atoms with van der Waals surface area (Å²) in [5, 5.41) is 5.10. The van der Waals surface area contributed by atoms with Crippen molar-refractivity contribution in [1.29, 1.82) is 0 Å². The number of rotatable bonds is 3. The van der Waals surface area contributed by atoms with Gasteiger partial charge in [0.05, 0.1) is 5.69 Å². The number of nitrogens with one attached hydrogen (secondary N) is 2. The Morgan fingerprint density at radius 1 is 1.15 bits per heavy atom. The molecule has 2 aromatic rings. The predicted octanol–water partition coefficient (Wildman–Crippen LogP) is 3.74. The van der Waals surface area contributed by atoms with E-state index in [0.29, 0.717) is 18.7 Å². The summed E-state index contributed by atoms with van der Waals surface area (Å²) in [6, 6.07) is 9.98. The van der Waals surface area contributed by atoms with E-state index in [1.807, 2.05) is 6.07 Å². The molecule has 0 aromatic heterocycles. The molecule has 1 atom stereocenters. The number of amides is 3. The third-order valence-corrected chi connectivity index (χ3v) is 4.72. The molecule has 2 aromatic carbocycles. The highest BCUT2D eigenvalue weighted by Crippen LogP contribution is 2.28. The van der Waals surface area contributed by atoms with Crippen molar-refractivity contribution >= 4 is 17.6 Å². The smallest absolute Gasteiger partial charge is 0.317 e. The van der Waals surface area contributed by atoms with Crippen molar-refractivity contribution in [1.82, 2.24) is 10.2 Å². The Hall–Kier alpha value is -2.96. The lowest BCUT2D eigenvalue weighted by Gasteiger charge is -2.32. The summed E-state index contributed by atoms with van der Waals surface area (Å²) in [4.78, 5) is 26.1. The summed E-state index contributed by atoms with van der Waals surface area (Å²) in [5.41, 5.74) is 1.26. The SMILES string of the molecule is CNC(=O)N1CCCC(c2cccc(C(=O)Nc3ccc(F)cc3F)c2)C1. The number of carbonyl (C=O) groups is 2. The van der Waals surface area contributed by atoms with Crippen LogP contribution in [0.3, 0.4) is 0 Å². The molecule has 3 amide bonds. The number of hydrogen-bond acceptors (Lipinski definition) is 2. The maximum atomic E-state index is 13.8. The number of piperidine rings is 1. The van der Waals surface area contributed by atoms with Crippen molar-refractivity contribution < 1.29 is 18.4 Å². The highest BCUT2D eigenvalue weighted by molar-refractivity contribution is 6.04. The molecule has 1 saturated heterocycles. The van der Waals surface area contributed by atoms with E-state index in [1.165, 1.54) is 6.07 Å². The lowest BCUT2D eigenvalue weighted by molar-refractivity contribution is 0.102. The molecule has 0 bridgehead atoms. The minimum absolute atomic E-state index is 0.0738. The molecule has 5 nitrogen and oxygen atoms in total. The van der Waals surface area contributed by atoms with Crippen LogP contribution >= 0.6 is 0 Å². The van der Waals surface area contributed by atoms with Gasteiger partial charge in [-0.1, -0.05) is 12.1 Å². The summed E-state index contributed by atoms with van der Waals surface area (Å²) in [5.74, 6) is -1.87. The third-order valence-electron chi connectivity index (χ3n) is 4.72. The van der Waals surface area contributed by atoms with Crippen LogP contribution < -0.4 is 10.6 Å². The standard InChI is InChI=1S/C20H21F2N3O2/c1-23-20(27)25-9-3-6-15(12-25)13-4-2-5-14(10-13)19(26)24-18-8-7-16(21)11-17(18)22/h2,4-5,7-8,10-11,15H,3,6,9,12H2,1H3,(H,23,27)(H,24,26). The molecule has 27 heavy (non-hydrogen) atoms. The summed E-state index contributed by atoms with van der Waals surface area (Å²) in [6.07, 6.45) is 1.81. The van der Waals surface area contributed by atoms with E-state index >= 15 is 0 Å². The topological polar surface area (TPSA) is 61.4 Å². The molecule has 0 spiro atoms. The molecule has 142 valence electrons. The van der Waals surface area contributed by atoms with Gasteiger partial charge in [-0.3, -0.25) is 4.79 Å². The van der Waals surface area contributed by atoms with E-state index in [9.17, 15) is 18.4 Å². The second kappa shape index (κ2) is 8.16. The number of nitrogens with zero attached hydrogens (tertiary/aromatic N) is 1. The van der Waals surface area contributed by atoms with Crippen LogP contribution in [0, 0.1) is 11.6 Å². The minimum Gasteiger partial charge on any atom is -0.341 e. The van der Waals surface area contributed by atoms with E-state index < -0.39 is 17.5 Å². The van der Waals surface area contributed by atoms with E-state index in [0.717, 1.165) is 30.5 Å². The van der Waals surface area contributed by atoms with Crippen LogP contribution in [-0.4, -0.2) is 37.0 Å². The molecule has 1 aliphatic rings. The molecular weight excluding hydrogens is 352 g/mol. The van der Waals surface area contributed by atoms with Crippen LogP contribution in [-0.2, 0) is 0 Å². The molecule has 1 fully saturated rings. The van der Waals surface area contributed by atoms with Crippen LogP contribution in [0.4, 0.5) is 19.3 Å². The third kappa shape index (κ3) is 4.42. The first kappa shape index (κ1) is 18.8. The molecule has 1 unspecified atom stereocenters. The first-order valence-electron chi connectivity index (χ1n) is 8.81. The van der Waals surface area contributed by atoms with Crippen molar-refractivity contribution in [2.75, 3.05) is 25.5 Å². The van der Waals surface area contributed by atoms with Crippen LogP contribution in [0.5, 0.6) is 0 Å². The van der Waals surface area contributed by atoms with Gasteiger partial charge in [-0.2, -0.15) is 0 Å². The van der Waals surface area contributed by atoms with E-state index in [-0.39, 0.29) is 17.6 Å². The maximum absolute atomic E-state index is 13.8. The molecule has 7 heteroatoms. The highest BCUT2D eigenvalue weighted by Gasteiger charge is 2.24. The Kier molecular flexibility index (Phi) is 5.69. The van der Waals surface area contributed by atoms with Gasteiger partial charge in [-0.25, -0.2) is 13.6 Å². The molecule has 0 aliphatic carbocycles. The number of likely N-dealkylation sites (tertiary alicyclic amines) is 1. The fourth-order valence-corrected chi connectivity index (χ4v) is 3.31. The first-order chi connectivity index (χ1) is 13.0. The summed E-state index contributed by atoms with van der Waals surface area (Å²) in [6.45, 7) is 1.29. The van der Waals surface area contributed by atoms with Gasteiger partial charge in [0, 0.05) is 37.7 Å². The van der Waals surface area contributed by atoms with E-state index in [2.05, 4.69) is 10.6 Å². The first-order valence-corrected chi connectivity index (χ1v) is 8.81. The van der Waals surface area contributed by atoms with Crippen LogP contribution in [0.25, 0.3) is 0 Å². The van der Waals surface area contributed by atoms with Crippen molar-refractivity contribution in [3.05, 3.63) is 65.2 Å². The van der Waals surface area contributed by atoms with Gasteiger partial charge >= 0.3 is 6.03 Å². The zero-order valence-electron chi connectivity index (χ0n) is 15.0. The highest BCUT2D eigenvalue weighted by atomic mass is 19.1. The second-order valence-corrected chi connectivity index (χ2v) is 6.54. The van der Waals surface area contributed by atoms with Gasteiger partial charge in [0.15, 0.2) is 0 Å². The molecule has 3 rings (SSSR count). The summed E-state index contributed by atoms with van der Waals surface area (Å²) in [7, 11) is 1.60. The number of benzene rings is 2.